The molecule has 0 radical (unpaired) electrons. The minimum Gasteiger partial charge on any atom is -0.512 e. The number of rotatable bonds is 2. The highest BCUT2D eigenvalue weighted by atomic mass is 35.5. The Morgan fingerprint density at radius 1 is 1.17 bits per heavy atom. The smallest absolute Gasteiger partial charge is 0.512 e. The first-order valence-corrected chi connectivity index (χ1v) is 3.34. The molecule has 0 fully saturated rings. The van der Waals surface area contributed by atoms with E-state index in [9.17, 15) is 0 Å². The molecule has 0 bridgehead atoms. The summed E-state index contributed by atoms with van der Waals surface area (Å²) in [6.45, 7) is 0. The fraction of sp³-hybridized carbons (Fsp3) is 0. The molecular weight excluding hydrogens is 180 g/mol. The molecule has 0 amide bonds. The van der Waals surface area contributed by atoms with Crippen LogP contribution in [0.25, 0.3) is 0 Å². The van der Waals surface area contributed by atoms with Crippen LogP contribution in [0.4, 0.5) is 0 Å². The molecule has 1 aromatic carbocycles. The Labute approximate surface area is 75.5 Å². The van der Waals surface area contributed by atoms with Crippen molar-refractivity contribution in [1.82, 2.24) is 6.15 Å². The molecule has 1 rings (SSSR count). The van der Waals surface area contributed by atoms with Crippen molar-refractivity contribution in [1.29, 1.82) is 0 Å². The summed E-state index contributed by atoms with van der Waals surface area (Å²) in [6, 6.07) is 6.28. The van der Waals surface area contributed by atoms with Crippen LogP contribution in [0.15, 0.2) is 24.3 Å². The third kappa shape index (κ3) is 3.59. The molecule has 66 valence electrons. The van der Waals surface area contributed by atoms with Crippen LogP contribution in [0.1, 0.15) is 0 Å². The van der Waals surface area contributed by atoms with Crippen molar-refractivity contribution in [3.8, 4) is 5.75 Å². The predicted molar refractivity (Wildman–Crippen MR) is 47.3 cm³/mol. The summed E-state index contributed by atoms with van der Waals surface area (Å²) >= 11 is 5.57. The van der Waals surface area contributed by atoms with Crippen LogP contribution in [-0.2, 0) is 0 Å². The summed E-state index contributed by atoms with van der Waals surface area (Å²) in [5, 5.41) is 17.3. The van der Waals surface area contributed by atoms with Gasteiger partial charge in [0.1, 0.15) is 5.75 Å². The number of hydrogen-bond donors (Lipinski definition) is 3. The van der Waals surface area contributed by atoms with E-state index in [2.05, 4.69) is 4.65 Å². The lowest BCUT2D eigenvalue weighted by Crippen LogP contribution is -2.20. The van der Waals surface area contributed by atoms with Gasteiger partial charge in [-0.05, 0) is 24.3 Å². The summed E-state index contributed by atoms with van der Waals surface area (Å²) in [5.41, 5.74) is 0. The number of halogens is 1. The van der Waals surface area contributed by atoms with Crippen LogP contribution < -0.4 is 10.8 Å². The van der Waals surface area contributed by atoms with Gasteiger partial charge in [-0.25, -0.2) is 0 Å². The first-order valence-electron chi connectivity index (χ1n) is 2.97. The van der Waals surface area contributed by atoms with E-state index in [1.165, 1.54) is 0 Å². The second-order valence-electron chi connectivity index (χ2n) is 1.90. The van der Waals surface area contributed by atoms with E-state index in [-0.39, 0.29) is 6.15 Å². The molecule has 0 saturated heterocycles. The zero-order valence-corrected chi connectivity index (χ0v) is 7.03. The molecule has 0 aliphatic heterocycles. The second-order valence-corrected chi connectivity index (χ2v) is 2.33. The van der Waals surface area contributed by atoms with E-state index in [4.69, 9.17) is 21.6 Å². The van der Waals surface area contributed by atoms with Gasteiger partial charge in [-0.15, -0.1) is 0 Å². The molecule has 0 unspecified atom stereocenters. The van der Waals surface area contributed by atoms with Gasteiger partial charge in [-0.2, -0.15) is 0 Å². The van der Waals surface area contributed by atoms with Crippen LogP contribution in [0, 0.1) is 0 Å². The Bertz CT molecular complexity index is 229. The van der Waals surface area contributed by atoms with E-state index in [0.717, 1.165) is 0 Å². The van der Waals surface area contributed by atoms with E-state index >= 15 is 0 Å². The molecule has 0 aromatic heterocycles. The SMILES string of the molecule is N.OB(O)Oc1ccc(Cl)cc1. The fourth-order valence-electron chi connectivity index (χ4n) is 0.635. The van der Waals surface area contributed by atoms with Crippen molar-refractivity contribution >= 4 is 18.9 Å². The third-order valence-electron chi connectivity index (χ3n) is 1.06. The van der Waals surface area contributed by atoms with Gasteiger partial charge < -0.3 is 20.9 Å². The topological polar surface area (TPSA) is 84.7 Å². The molecule has 0 atom stereocenters. The molecule has 12 heavy (non-hydrogen) atoms. The van der Waals surface area contributed by atoms with Crippen molar-refractivity contribution in [3.63, 3.8) is 0 Å². The fourth-order valence-corrected chi connectivity index (χ4v) is 0.761. The van der Waals surface area contributed by atoms with Gasteiger partial charge in [-0.1, -0.05) is 11.6 Å². The van der Waals surface area contributed by atoms with Crippen molar-refractivity contribution in [2.75, 3.05) is 0 Å². The molecule has 1 aromatic rings. The third-order valence-corrected chi connectivity index (χ3v) is 1.31. The average molecular weight is 189 g/mol. The maximum atomic E-state index is 8.38. The van der Waals surface area contributed by atoms with Gasteiger partial charge in [-0.3, -0.25) is 0 Å². The highest BCUT2D eigenvalue weighted by Crippen LogP contribution is 2.15. The first-order chi connectivity index (χ1) is 5.18. The summed E-state index contributed by atoms with van der Waals surface area (Å²) in [7, 11) is -1.78. The first kappa shape index (κ1) is 11.3. The molecule has 0 saturated carbocycles. The minimum atomic E-state index is -1.78. The summed E-state index contributed by atoms with van der Waals surface area (Å²) < 4.78 is 4.52. The van der Waals surface area contributed by atoms with Crippen molar-refractivity contribution < 1.29 is 14.7 Å². The Balaban J connectivity index is 0.00000121. The monoisotopic (exact) mass is 189 g/mol. The van der Waals surface area contributed by atoms with Crippen LogP contribution in [-0.4, -0.2) is 17.4 Å². The van der Waals surface area contributed by atoms with Crippen molar-refractivity contribution in [2.45, 2.75) is 0 Å². The van der Waals surface area contributed by atoms with Crippen LogP contribution in [0.5, 0.6) is 5.75 Å². The molecule has 5 N–H and O–H groups in total. The summed E-state index contributed by atoms with van der Waals surface area (Å²) in [6.07, 6.45) is 0. The normalized spacial score (nSPS) is 8.58. The van der Waals surface area contributed by atoms with Gasteiger partial charge in [0, 0.05) is 5.02 Å². The Morgan fingerprint density at radius 2 is 1.67 bits per heavy atom. The van der Waals surface area contributed by atoms with E-state index < -0.39 is 7.32 Å². The quantitative estimate of drug-likeness (QED) is 0.602. The van der Waals surface area contributed by atoms with Crippen LogP contribution in [0.3, 0.4) is 0 Å². The van der Waals surface area contributed by atoms with Gasteiger partial charge in [0.05, 0.1) is 0 Å². The lowest BCUT2D eigenvalue weighted by atomic mass is 10.2. The standard InChI is InChI=1S/C6H6BClO3.H3N/c8-5-1-3-6(4-2-5)11-7(9)10;/h1-4,9-10H;1H3. The maximum Gasteiger partial charge on any atom is 0.707 e. The van der Waals surface area contributed by atoms with E-state index in [0.29, 0.717) is 10.8 Å². The second kappa shape index (κ2) is 5.00. The van der Waals surface area contributed by atoms with Gasteiger partial charge in [0.2, 0.25) is 0 Å². The molecule has 4 nitrogen and oxygen atoms in total. The maximum absolute atomic E-state index is 8.38. The highest BCUT2D eigenvalue weighted by Gasteiger charge is 2.09. The zero-order chi connectivity index (χ0) is 8.27. The average Bonchev–Trinajstić information content (AvgIpc) is 1.93. The largest absolute Gasteiger partial charge is 0.707 e. The molecule has 0 heterocycles. The zero-order valence-electron chi connectivity index (χ0n) is 6.27. The summed E-state index contributed by atoms with van der Waals surface area (Å²) in [4.78, 5) is 0. The van der Waals surface area contributed by atoms with E-state index in [1.807, 2.05) is 0 Å². The molecule has 0 spiro atoms. The highest BCUT2D eigenvalue weighted by molar-refractivity contribution is 6.33. The van der Waals surface area contributed by atoms with E-state index in [1.54, 1.807) is 24.3 Å². The molecule has 0 aliphatic rings. The van der Waals surface area contributed by atoms with Crippen LogP contribution in [0.2, 0.25) is 5.02 Å². The van der Waals surface area contributed by atoms with Gasteiger partial charge in [0.25, 0.3) is 0 Å². The van der Waals surface area contributed by atoms with Gasteiger partial charge in [0.15, 0.2) is 0 Å². The molecular formula is C6H9BClNO3. The summed E-state index contributed by atoms with van der Waals surface area (Å²) in [5.74, 6) is 0.365. The Hall–Kier alpha value is -0.745. The Morgan fingerprint density at radius 3 is 2.08 bits per heavy atom. The molecule has 6 heteroatoms. The lowest BCUT2D eigenvalue weighted by molar-refractivity contribution is 0.288. The van der Waals surface area contributed by atoms with Crippen molar-refractivity contribution in [2.24, 2.45) is 0 Å². The number of benzene rings is 1. The van der Waals surface area contributed by atoms with Crippen LogP contribution >= 0.6 is 11.6 Å². The lowest BCUT2D eigenvalue weighted by Gasteiger charge is -2.02. The number of hydrogen-bond acceptors (Lipinski definition) is 4. The molecule has 0 aliphatic carbocycles. The minimum absolute atomic E-state index is 0. The van der Waals surface area contributed by atoms with Crippen molar-refractivity contribution in [3.05, 3.63) is 29.3 Å². The van der Waals surface area contributed by atoms with Gasteiger partial charge >= 0.3 is 7.32 Å². The Kier molecular flexibility index (Phi) is 4.69. The predicted octanol–water partition coefficient (Wildman–Crippen LogP) is 0.850.